The smallest absolute Gasteiger partial charge is 0.321 e. The zero-order chi connectivity index (χ0) is 15.3. The summed E-state index contributed by atoms with van der Waals surface area (Å²) in [4.78, 5) is 24.6. The monoisotopic (exact) mass is 290 g/mol. The lowest BCUT2D eigenvalue weighted by molar-refractivity contribution is -0.136. The van der Waals surface area contributed by atoms with Crippen molar-refractivity contribution in [1.29, 1.82) is 0 Å². The van der Waals surface area contributed by atoms with E-state index in [2.05, 4.69) is 12.2 Å². The van der Waals surface area contributed by atoms with Crippen LogP contribution < -0.4 is 10.2 Å². The lowest BCUT2D eigenvalue weighted by Crippen LogP contribution is -2.46. The molecule has 1 aliphatic rings. The van der Waals surface area contributed by atoms with Crippen molar-refractivity contribution in [3.63, 3.8) is 0 Å². The van der Waals surface area contributed by atoms with E-state index < -0.39 is 5.97 Å². The summed E-state index contributed by atoms with van der Waals surface area (Å²) in [5, 5.41) is 11.8. The standard InChI is InChI=1S/C16H22N2O3/c1-16(9-5-10-16)12-17-15(21)18(11-8-14(19)20)13-6-3-2-4-7-13/h2-4,6-7H,5,8-12H2,1H3,(H,17,21)(H,19,20). The van der Waals surface area contributed by atoms with Crippen LogP contribution in [-0.4, -0.2) is 30.2 Å². The fourth-order valence-electron chi connectivity index (χ4n) is 2.50. The second kappa shape index (κ2) is 6.61. The van der Waals surface area contributed by atoms with E-state index in [0.717, 1.165) is 18.5 Å². The quantitative estimate of drug-likeness (QED) is 0.846. The molecule has 114 valence electrons. The number of anilines is 1. The van der Waals surface area contributed by atoms with Crippen LogP contribution in [0.25, 0.3) is 0 Å². The Morgan fingerprint density at radius 2 is 1.95 bits per heavy atom. The molecule has 0 unspecified atom stereocenters. The minimum absolute atomic E-state index is 0.0699. The molecule has 2 amide bonds. The fourth-order valence-corrected chi connectivity index (χ4v) is 2.50. The molecule has 1 aliphatic carbocycles. The first kappa shape index (κ1) is 15.4. The van der Waals surface area contributed by atoms with Crippen LogP contribution in [0.5, 0.6) is 0 Å². The number of carboxylic acid groups (broad SMARTS) is 1. The van der Waals surface area contributed by atoms with E-state index in [-0.39, 0.29) is 24.4 Å². The first-order valence-corrected chi connectivity index (χ1v) is 7.32. The minimum atomic E-state index is -0.908. The molecule has 5 nitrogen and oxygen atoms in total. The Hall–Kier alpha value is -2.04. The van der Waals surface area contributed by atoms with Gasteiger partial charge in [-0.3, -0.25) is 9.69 Å². The van der Waals surface area contributed by atoms with Crippen LogP contribution >= 0.6 is 0 Å². The molecule has 0 heterocycles. The lowest BCUT2D eigenvalue weighted by atomic mass is 9.70. The molecule has 0 bridgehead atoms. The summed E-state index contributed by atoms with van der Waals surface area (Å²) in [7, 11) is 0. The molecule has 0 atom stereocenters. The molecule has 2 rings (SSSR count). The number of carbonyl (C=O) groups is 2. The molecule has 1 fully saturated rings. The molecule has 1 saturated carbocycles. The van der Waals surface area contributed by atoms with Gasteiger partial charge in [0.25, 0.3) is 0 Å². The number of para-hydroxylation sites is 1. The predicted molar refractivity (Wildman–Crippen MR) is 81.4 cm³/mol. The maximum atomic E-state index is 12.4. The van der Waals surface area contributed by atoms with Gasteiger partial charge < -0.3 is 10.4 Å². The number of nitrogens with zero attached hydrogens (tertiary/aromatic N) is 1. The Morgan fingerprint density at radius 1 is 1.29 bits per heavy atom. The van der Waals surface area contributed by atoms with Crippen molar-refractivity contribution < 1.29 is 14.7 Å². The highest BCUT2D eigenvalue weighted by atomic mass is 16.4. The summed E-state index contributed by atoms with van der Waals surface area (Å²) >= 11 is 0. The molecular weight excluding hydrogens is 268 g/mol. The number of carbonyl (C=O) groups excluding carboxylic acids is 1. The first-order valence-electron chi connectivity index (χ1n) is 7.32. The molecule has 5 heteroatoms. The number of benzene rings is 1. The molecule has 2 N–H and O–H groups in total. The van der Waals surface area contributed by atoms with Crippen molar-refractivity contribution >= 4 is 17.7 Å². The molecule has 0 radical (unpaired) electrons. The van der Waals surface area contributed by atoms with Gasteiger partial charge in [-0.15, -0.1) is 0 Å². The summed E-state index contributed by atoms with van der Waals surface area (Å²) in [5.41, 5.74) is 0.917. The number of urea groups is 1. The van der Waals surface area contributed by atoms with Crippen LogP contribution in [0.2, 0.25) is 0 Å². The Bertz CT molecular complexity index is 498. The van der Waals surface area contributed by atoms with Crippen LogP contribution in [0.1, 0.15) is 32.6 Å². The Labute approximate surface area is 125 Å². The second-order valence-corrected chi connectivity index (χ2v) is 5.95. The predicted octanol–water partition coefficient (Wildman–Crippen LogP) is 2.87. The highest BCUT2D eigenvalue weighted by Crippen LogP contribution is 2.39. The highest BCUT2D eigenvalue weighted by Gasteiger charge is 2.32. The molecule has 0 spiro atoms. The number of amides is 2. The Balaban J connectivity index is 1.99. The van der Waals surface area contributed by atoms with Gasteiger partial charge in [0.15, 0.2) is 0 Å². The molecule has 0 saturated heterocycles. The number of hydrogen-bond acceptors (Lipinski definition) is 2. The van der Waals surface area contributed by atoms with Gasteiger partial charge in [0.2, 0.25) is 0 Å². The Kier molecular flexibility index (Phi) is 4.83. The van der Waals surface area contributed by atoms with Gasteiger partial charge >= 0.3 is 12.0 Å². The Morgan fingerprint density at radius 3 is 2.48 bits per heavy atom. The molecule has 1 aromatic rings. The van der Waals surface area contributed by atoms with E-state index in [1.54, 1.807) is 0 Å². The van der Waals surface area contributed by atoms with Crippen molar-refractivity contribution in [3.8, 4) is 0 Å². The van der Waals surface area contributed by atoms with Crippen LogP contribution in [0.4, 0.5) is 10.5 Å². The van der Waals surface area contributed by atoms with E-state index in [0.29, 0.717) is 6.54 Å². The normalized spacial score (nSPS) is 15.9. The van der Waals surface area contributed by atoms with Gasteiger partial charge in [0.05, 0.1) is 6.42 Å². The molecule has 21 heavy (non-hydrogen) atoms. The van der Waals surface area contributed by atoms with Gasteiger partial charge in [0, 0.05) is 18.8 Å². The van der Waals surface area contributed by atoms with E-state index in [4.69, 9.17) is 5.11 Å². The summed E-state index contributed by atoms with van der Waals surface area (Å²) in [6.07, 6.45) is 3.41. The van der Waals surface area contributed by atoms with Crippen molar-refractivity contribution in [2.75, 3.05) is 18.0 Å². The van der Waals surface area contributed by atoms with Crippen LogP contribution in [0, 0.1) is 5.41 Å². The summed E-state index contributed by atoms with van der Waals surface area (Å²) < 4.78 is 0. The third-order valence-corrected chi connectivity index (χ3v) is 4.09. The van der Waals surface area contributed by atoms with Gasteiger partial charge in [-0.1, -0.05) is 31.5 Å². The van der Waals surface area contributed by atoms with Crippen molar-refractivity contribution in [2.45, 2.75) is 32.6 Å². The zero-order valence-electron chi connectivity index (χ0n) is 12.3. The maximum Gasteiger partial charge on any atom is 0.321 e. The van der Waals surface area contributed by atoms with Gasteiger partial charge in [-0.2, -0.15) is 0 Å². The molecule has 0 aromatic heterocycles. The molecule has 0 aliphatic heterocycles. The average molecular weight is 290 g/mol. The second-order valence-electron chi connectivity index (χ2n) is 5.95. The average Bonchev–Trinajstić information content (AvgIpc) is 2.44. The summed E-state index contributed by atoms with van der Waals surface area (Å²) in [6, 6.07) is 8.94. The maximum absolute atomic E-state index is 12.4. The summed E-state index contributed by atoms with van der Waals surface area (Å²) in [6.45, 7) is 2.98. The SMILES string of the molecule is CC1(CNC(=O)N(CCC(=O)O)c2ccccc2)CCC1. The van der Waals surface area contributed by atoms with Crippen LogP contribution in [0.15, 0.2) is 30.3 Å². The van der Waals surface area contributed by atoms with Crippen molar-refractivity contribution in [2.24, 2.45) is 5.41 Å². The molecule has 1 aromatic carbocycles. The van der Waals surface area contributed by atoms with Crippen molar-refractivity contribution in [1.82, 2.24) is 5.32 Å². The number of hydrogen-bond donors (Lipinski definition) is 2. The van der Waals surface area contributed by atoms with E-state index in [1.165, 1.54) is 11.3 Å². The topological polar surface area (TPSA) is 69.6 Å². The van der Waals surface area contributed by atoms with E-state index >= 15 is 0 Å². The lowest BCUT2D eigenvalue weighted by Gasteiger charge is -2.39. The largest absolute Gasteiger partial charge is 0.481 e. The summed E-state index contributed by atoms with van der Waals surface area (Å²) in [5.74, 6) is -0.908. The van der Waals surface area contributed by atoms with E-state index in [9.17, 15) is 9.59 Å². The fraction of sp³-hybridized carbons (Fsp3) is 0.500. The highest BCUT2D eigenvalue weighted by molar-refractivity contribution is 5.92. The number of carboxylic acids is 1. The van der Waals surface area contributed by atoms with Gasteiger partial charge in [-0.05, 0) is 30.4 Å². The first-order chi connectivity index (χ1) is 10.0. The van der Waals surface area contributed by atoms with Gasteiger partial charge in [-0.25, -0.2) is 4.79 Å². The molecular formula is C16H22N2O3. The third kappa shape index (κ3) is 4.21. The van der Waals surface area contributed by atoms with Crippen LogP contribution in [-0.2, 0) is 4.79 Å². The number of nitrogens with one attached hydrogen (secondary N) is 1. The minimum Gasteiger partial charge on any atom is -0.481 e. The zero-order valence-corrected chi connectivity index (χ0v) is 12.3. The van der Waals surface area contributed by atoms with Gasteiger partial charge in [0.1, 0.15) is 0 Å². The van der Waals surface area contributed by atoms with Crippen LogP contribution in [0.3, 0.4) is 0 Å². The third-order valence-electron chi connectivity index (χ3n) is 4.09. The number of aliphatic carboxylic acids is 1. The van der Waals surface area contributed by atoms with E-state index in [1.807, 2.05) is 30.3 Å². The number of rotatable bonds is 6. The van der Waals surface area contributed by atoms with Crippen molar-refractivity contribution in [3.05, 3.63) is 30.3 Å².